The number of unbranched alkanes of at least 4 members (excludes halogenated alkanes) is 9. The van der Waals surface area contributed by atoms with Crippen LogP contribution in [0.1, 0.15) is 84.0 Å². The van der Waals surface area contributed by atoms with E-state index in [4.69, 9.17) is 5.11 Å². The molecule has 0 aliphatic carbocycles. The lowest BCUT2D eigenvalue weighted by molar-refractivity contribution is -0.137. The molecule has 0 rings (SSSR count). The fraction of sp³-hybridized carbons (Fsp3) is 0.722. The van der Waals surface area contributed by atoms with Crippen LogP contribution in [0.25, 0.3) is 0 Å². The molecule has 0 amide bonds. The zero-order valence-corrected chi connectivity index (χ0v) is 13.2. The Morgan fingerprint density at radius 2 is 1.30 bits per heavy atom. The normalized spacial score (nSPS) is 11.7. The van der Waals surface area contributed by atoms with Crippen molar-refractivity contribution < 1.29 is 9.90 Å². The number of rotatable bonds is 14. The third kappa shape index (κ3) is 16.9. The van der Waals surface area contributed by atoms with Gasteiger partial charge in [-0.3, -0.25) is 4.79 Å². The molecule has 0 unspecified atom stereocenters. The molecule has 0 fully saturated rings. The smallest absolute Gasteiger partial charge is 0.303 e. The van der Waals surface area contributed by atoms with Crippen molar-refractivity contribution in [3.8, 4) is 0 Å². The predicted molar refractivity (Wildman–Crippen MR) is 87.0 cm³/mol. The van der Waals surface area contributed by atoms with Crippen LogP contribution in [0.5, 0.6) is 0 Å². The lowest BCUT2D eigenvalue weighted by Crippen LogP contribution is -1.93. The summed E-state index contributed by atoms with van der Waals surface area (Å²) in [5.41, 5.74) is 0. The number of carboxylic acid groups (broad SMARTS) is 1. The minimum atomic E-state index is -0.672. The third-order valence-corrected chi connectivity index (χ3v) is 3.37. The van der Waals surface area contributed by atoms with Crippen LogP contribution in [-0.4, -0.2) is 11.1 Å². The van der Waals surface area contributed by atoms with Gasteiger partial charge in [0.1, 0.15) is 0 Å². The number of allylic oxidation sites excluding steroid dienone is 4. The summed E-state index contributed by atoms with van der Waals surface area (Å²) in [4.78, 5) is 10.3. The van der Waals surface area contributed by atoms with Gasteiger partial charge in [-0.15, -0.1) is 0 Å². The average Bonchev–Trinajstić information content (AvgIpc) is 2.43. The Labute approximate surface area is 125 Å². The molecule has 0 aromatic carbocycles. The molecule has 116 valence electrons. The van der Waals surface area contributed by atoms with E-state index in [0.29, 0.717) is 6.42 Å². The fourth-order valence-electron chi connectivity index (χ4n) is 2.11. The van der Waals surface area contributed by atoms with Gasteiger partial charge in [0.05, 0.1) is 0 Å². The maximum absolute atomic E-state index is 10.3. The quantitative estimate of drug-likeness (QED) is 0.318. The number of hydrogen-bond acceptors (Lipinski definition) is 1. The van der Waals surface area contributed by atoms with Crippen LogP contribution in [0, 0.1) is 0 Å². The summed E-state index contributed by atoms with van der Waals surface area (Å²) in [6.45, 7) is 2.24. The van der Waals surface area contributed by atoms with Crippen LogP contribution >= 0.6 is 0 Å². The van der Waals surface area contributed by atoms with Crippen molar-refractivity contribution >= 4 is 5.97 Å². The van der Waals surface area contributed by atoms with Crippen LogP contribution in [0.15, 0.2) is 24.3 Å². The molecule has 0 saturated heterocycles. The molecule has 2 heteroatoms. The Kier molecular flexibility index (Phi) is 15.2. The molecule has 0 aromatic heterocycles. The zero-order chi connectivity index (χ0) is 14.9. The van der Waals surface area contributed by atoms with Crippen molar-refractivity contribution in [2.75, 3.05) is 0 Å². The molecule has 20 heavy (non-hydrogen) atoms. The second kappa shape index (κ2) is 16.0. The van der Waals surface area contributed by atoms with Gasteiger partial charge in [-0.05, 0) is 32.1 Å². The van der Waals surface area contributed by atoms with Crippen LogP contribution in [0.4, 0.5) is 0 Å². The fourth-order valence-corrected chi connectivity index (χ4v) is 2.11. The van der Waals surface area contributed by atoms with Gasteiger partial charge in [0.25, 0.3) is 0 Å². The largest absolute Gasteiger partial charge is 0.481 e. The molecule has 1 N–H and O–H groups in total. The predicted octanol–water partition coefficient (Wildman–Crippen LogP) is 5.88. The van der Waals surface area contributed by atoms with Gasteiger partial charge in [-0.2, -0.15) is 0 Å². The summed E-state index contributed by atoms with van der Waals surface area (Å²) in [5.74, 6) is -0.672. The Morgan fingerprint density at radius 3 is 1.85 bits per heavy atom. The molecular weight excluding hydrogens is 248 g/mol. The van der Waals surface area contributed by atoms with Crippen LogP contribution in [0.2, 0.25) is 0 Å². The van der Waals surface area contributed by atoms with E-state index >= 15 is 0 Å². The van der Waals surface area contributed by atoms with E-state index in [1.54, 1.807) is 0 Å². The van der Waals surface area contributed by atoms with Crippen LogP contribution < -0.4 is 0 Å². The number of hydrogen-bond donors (Lipinski definition) is 1. The first kappa shape index (κ1) is 18.9. The highest BCUT2D eigenvalue weighted by molar-refractivity contribution is 5.66. The summed E-state index contributed by atoms with van der Waals surface area (Å²) in [6, 6.07) is 0. The number of aliphatic carboxylic acids is 1. The van der Waals surface area contributed by atoms with Gasteiger partial charge in [-0.25, -0.2) is 0 Å². The first-order chi connectivity index (χ1) is 9.77. The SMILES string of the molecule is CCCCCC/C=C\C=C\CCCCCCCC(=O)O. The Morgan fingerprint density at radius 1 is 0.800 bits per heavy atom. The highest BCUT2D eigenvalue weighted by Crippen LogP contribution is 2.07. The van der Waals surface area contributed by atoms with Gasteiger partial charge < -0.3 is 5.11 Å². The van der Waals surface area contributed by atoms with Crippen molar-refractivity contribution in [1.82, 2.24) is 0 Å². The average molecular weight is 280 g/mol. The van der Waals surface area contributed by atoms with Crippen molar-refractivity contribution in [1.29, 1.82) is 0 Å². The molecule has 2 nitrogen and oxygen atoms in total. The topological polar surface area (TPSA) is 37.3 Å². The number of carboxylic acids is 1. The van der Waals surface area contributed by atoms with Gasteiger partial charge >= 0.3 is 5.97 Å². The molecule has 0 atom stereocenters. The standard InChI is InChI=1S/C18H32O2/c1-2-3-4-5-6-7-8-9-10-11-12-13-14-15-16-17-18(19)20/h7-10H,2-6,11-17H2,1H3,(H,19,20)/b8-7-,10-9+. The molecule has 0 aromatic rings. The molecule has 0 spiro atoms. The Balaban J connectivity index is 3.19. The highest BCUT2D eigenvalue weighted by atomic mass is 16.4. The van der Waals surface area contributed by atoms with E-state index < -0.39 is 5.97 Å². The van der Waals surface area contributed by atoms with E-state index in [1.165, 1.54) is 44.9 Å². The van der Waals surface area contributed by atoms with Crippen molar-refractivity contribution in [2.45, 2.75) is 84.0 Å². The van der Waals surface area contributed by atoms with Crippen LogP contribution in [0.3, 0.4) is 0 Å². The lowest BCUT2D eigenvalue weighted by Gasteiger charge is -1.97. The Hall–Kier alpha value is -1.05. The summed E-state index contributed by atoms with van der Waals surface area (Å²) in [6.07, 6.45) is 22.3. The second-order valence-electron chi connectivity index (χ2n) is 5.41. The maximum Gasteiger partial charge on any atom is 0.303 e. The molecule has 0 radical (unpaired) electrons. The van der Waals surface area contributed by atoms with Crippen molar-refractivity contribution in [3.05, 3.63) is 24.3 Å². The minimum Gasteiger partial charge on any atom is -0.481 e. The second-order valence-corrected chi connectivity index (χ2v) is 5.41. The summed E-state index contributed by atoms with van der Waals surface area (Å²) in [7, 11) is 0. The van der Waals surface area contributed by atoms with E-state index in [-0.39, 0.29) is 0 Å². The summed E-state index contributed by atoms with van der Waals surface area (Å²) < 4.78 is 0. The van der Waals surface area contributed by atoms with Gasteiger partial charge in [0.2, 0.25) is 0 Å². The molecule has 0 heterocycles. The molecule has 0 saturated carbocycles. The monoisotopic (exact) mass is 280 g/mol. The van der Waals surface area contributed by atoms with Gasteiger partial charge in [0.15, 0.2) is 0 Å². The van der Waals surface area contributed by atoms with Crippen molar-refractivity contribution in [2.24, 2.45) is 0 Å². The van der Waals surface area contributed by atoms with Crippen molar-refractivity contribution in [3.63, 3.8) is 0 Å². The van der Waals surface area contributed by atoms with E-state index in [9.17, 15) is 4.79 Å². The van der Waals surface area contributed by atoms with Crippen LogP contribution in [-0.2, 0) is 4.79 Å². The first-order valence-electron chi connectivity index (χ1n) is 8.30. The third-order valence-electron chi connectivity index (χ3n) is 3.37. The van der Waals surface area contributed by atoms with E-state index in [1.807, 2.05) is 0 Å². The molecule has 0 bridgehead atoms. The number of carbonyl (C=O) groups is 1. The molecule has 0 aliphatic heterocycles. The van der Waals surface area contributed by atoms with E-state index in [0.717, 1.165) is 25.7 Å². The molecule has 0 aliphatic rings. The zero-order valence-electron chi connectivity index (χ0n) is 13.2. The lowest BCUT2D eigenvalue weighted by atomic mass is 10.1. The van der Waals surface area contributed by atoms with Gasteiger partial charge in [0, 0.05) is 6.42 Å². The summed E-state index contributed by atoms with van der Waals surface area (Å²) >= 11 is 0. The first-order valence-corrected chi connectivity index (χ1v) is 8.30. The van der Waals surface area contributed by atoms with Gasteiger partial charge in [-0.1, -0.05) is 69.8 Å². The van der Waals surface area contributed by atoms with E-state index in [2.05, 4.69) is 31.2 Å². The maximum atomic E-state index is 10.3. The Bertz CT molecular complexity index is 267. The molecular formula is C18H32O2. The minimum absolute atomic E-state index is 0.322. The summed E-state index contributed by atoms with van der Waals surface area (Å²) in [5, 5.41) is 8.50. The highest BCUT2D eigenvalue weighted by Gasteiger charge is 1.95.